The second-order valence-electron chi connectivity index (χ2n) is 6.77. The molecule has 5 atom stereocenters. The van der Waals surface area contributed by atoms with Gasteiger partial charge in [0.2, 0.25) is 17.7 Å². The van der Waals surface area contributed by atoms with Gasteiger partial charge in [0, 0.05) is 0 Å². The summed E-state index contributed by atoms with van der Waals surface area (Å²) in [7, 11) is 0. The van der Waals surface area contributed by atoms with Gasteiger partial charge in [0.05, 0.1) is 12.1 Å². The number of carboxylic acid groups (broad SMARTS) is 1. The van der Waals surface area contributed by atoms with Crippen molar-refractivity contribution in [3.05, 3.63) is 0 Å². The molecule has 0 aromatic rings. The lowest BCUT2D eigenvalue weighted by Gasteiger charge is -2.25. The third kappa shape index (κ3) is 8.26. The Hall–Kier alpha value is -2.20. The van der Waals surface area contributed by atoms with Crippen LogP contribution in [-0.2, 0) is 19.2 Å². The van der Waals surface area contributed by atoms with E-state index in [1.807, 2.05) is 0 Å². The molecule has 0 aromatic carbocycles. The van der Waals surface area contributed by atoms with Gasteiger partial charge in [-0.05, 0) is 33.1 Å². The first-order valence-corrected chi connectivity index (χ1v) is 8.44. The van der Waals surface area contributed by atoms with Crippen molar-refractivity contribution in [1.29, 1.82) is 0 Å². The van der Waals surface area contributed by atoms with Crippen molar-refractivity contribution < 1.29 is 29.4 Å². The predicted molar refractivity (Wildman–Crippen MR) is 93.9 cm³/mol. The summed E-state index contributed by atoms with van der Waals surface area (Å²) in [5, 5.41) is 26.0. The van der Waals surface area contributed by atoms with Crippen LogP contribution in [0.1, 0.15) is 41.0 Å². The lowest BCUT2D eigenvalue weighted by atomic mass is 10.0. The molecule has 5 unspecified atom stereocenters. The van der Waals surface area contributed by atoms with Gasteiger partial charge in [-0.2, -0.15) is 0 Å². The van der Waals surface area contributed by atoms with E-state index >= 15 is 0 Å². The summed E-state index contributed by atoms with van der Waals surface area (Å²) in [5.74, 6) is -3.28. The van der Waals surface area contributed by atoms with Gasteiger partial charge in [0.25, 0.3) is 0 Å². The van der Waals surface area contributed by atoms with E-state index in [2.05, 4.69) is 16.0 Å². The normalized spacial score (nSPS) is 16.8. The zero-order valence-electron chi connectivity index (χ0n) is 15.8. The van der Waals surface area contributed by atoms with E-state index in [4.69, 9.17) is 5.73 Å². The van der Waals surface area contributed by atoms with Crippen LogP contribution in [-0.4, -0.2) is 64.2 Å². The monoisotopic (exact) mass is 374 g/mol. The Labute approximate surface area is 152 Å². The molecule has 10 heteroatoms. The van der Waals surface area contributed by atoms with Gasteiger partial charge in [0.1, 0.15) is 18.1 Å². The maximum Gasteiger partial charge on any atom is 0.326 e. The maximum absolute atomic E-state index is 12.3. The molecule has 0 spiro atoms. The molecule has 10 nitrogen and oxygen atoms in total. The molecule has 0 saturated heterocycles. The molecule has 0 saturated carbocycles. The molecule has 7 N–H and O–H groups in total. The number of nitrogens with two attached hydrogens (primary N) is 1. The van der Waals surface area contributed by atoms with Crippen molar-refractivity contribution in [3.63, 3.8) is 0 Å². The average Bonchev–Trinajstić information content (AvgIpc) is 2.50. The highest BCUT2D eigenvalue weighted by molar-refractivity contribution is 5.94. The Balaban J connectivity index is 5.00. The lowest BCUT2D eigenvalue weighted by molar-refractivity contribution is -0.143. The highest BCUT2D eigenvalue weighted by atomic mass is 16.4. The minimum atomic E-state index is -1.37. The van der Waals surface area contributed by atoms with E-state index in [1.54, 1.807) is 13.8 Å². The first kappa shape index (κ1) is 23.8. The fraction of sp³-hybridized carbons (Fsp3) is 0.750. The summed E-state index contributed by atoms with van der Waals surface area (Å²) in [5.41, 5.74) is 5.40. The quantitative estimate of drug-likeness (QED) is 0.265. The minimum Gasteiger partial charge on any atom is -0.480 e. The summed E-state index contributed by atoms with van der Waals surface area (Å²) in [6.45, 7) is 7.74. The minimum absolute atomic E-state index is 0.0180. The fourth-order valence-electron chi connectivity index (χ4n) is 2.05. The van der Waals surface area contributed by atoms with Gasteiger partial charge < -0.3 is 31.9 Å². The number of hydrogen-bond donors (Lipinski definition) is 6. The summed E-state index contributed by atoms with van der Waals surface area (Å²) < 4.78 is 0. The van der Waals surface area contributed by atoms with Crippen LogP contribution in [0.25, 0.3) is 0 Å². The van der Waals surface area contributed by atoms with E-state index in [0.29, 0.717) is 0 Å². The van der Waals surface area contributed by atoms with E-state index in [0.717, 1.165) is 0 Å². The van der Waals surface area contributed by atoms with Crippen LogP contribution in [0.15, 0.2) is 0 Å². The average molecular weight is 374 g/mol. The van der Waals surface area contributed by atoms with E-state index in [1.165, 1.54) is 20.8 Å². The highest BCUT2D eigenvalue weighted by Crippen LogP contribution is 2.06. The predicted octanol–water partition coefficient (Wildman–Crippen LogP) is -1.68. The molecular formula is C16H30N4O6. The molecule has 0 radical (unpaired) electrons. The molecule has 3 amide bonds. The molecule has 0 bridgehead atoms. The van der Waals surface area contributed by atoms with Gasteiger partial charge in [-0.3, -0.25) is 14.4 Å². The summed E-state index contributed by atoms with van der Waals surface area (Å²) >= 11 is 0. The topological polar surface area (TPSA) is 171 Å². The molecular weight excluding hydrogens is 344 g/mol. The third-order valence-corrected chi connectivity index (χ3v) is 3.55. The van der Waals surface area contributed by atoms with Crippen LogP contribution in [0.2, 0.25) is 0 Å². The standard InChI is InChI=1S/C16H30N4O6/c1-7(2)6-11(16(25)26)19-15(24)12(10(5)21)20-14(23)9(4)18-13(22)8(3)17/h7-12,21H,6,17H2,1-5H3,(H,18,22)(H,19,24)(H,20,23)(H,25,26). The Morgan fingerprint density at radius 2 is 1.42 bits per heavy atom. The van der Waals surface area contributed by atoms with Crippen molar-refractivity contribution in [3.8, 4) is 0 Å². The first-order chi connectivity index (χ1) is 11.9. The molecule has 0 aromatic heterocycles. The number of hydrogen-bond acceptors (Lipinski definition) is 6. The summed E-state index contributed by atoms with van der Waals surface area (Å²) in [4.78, 5) is 47.2. The van der Waals surface area contributed by atoms with Gasteiger partial charge in [-0.25, -0.2) is 4.79 Å². The van der Waals surface area contributed by atoms with Crippen molar-refractivity contribution in [2.75, 3.05) is 0 Å². The molecule has 26 heavy (non-hydrogen) atoms. The van der Waals surface area contributed by atoms with E-state index in [-0.39, 0.29) is 12.3 Å². The van der Waals surface area contributed by atoms with Gasteiger partial charge in [-0.1, -0.05) is 13.8 Å². The highest BCUT2D eigenvalue weighted by Gasteiger charge is 2.31. The second kappa shape index (κ2) is 10.7. The second-order valence-corrected chi connectivity index (χ2v) is 6.77. The van der Waals surface area contributed by atoms with E-state index in [9.17, 15) is 29.4 Å². The number of carbonyl (C=O) groups is 4. The van der Waals surface area contributed by atoms with Crippen LogP contribution in [0.3, 0.4) is 0 Å². The molecule has 0 fully saturated rings. The Kier molecular flexibility index (Phi) is 9.81. The summed E-state index contributed by atoms with van der Waals surface area (Å²) in [6, 6.07) is -4.32. The fourth-order valence-corrected chi connectivity index (χ4v) is 2.05. The van der Waals surface area contributed by atoms with Gasteiger partial charge >= 0.3 is 5.97 Å². The van der Waals surface area contributed by atoms with Crippen molar-refractivity contribution >= 4 is 23.7 Å². The van der Waals surface area contributed by atoms with E-state index < -0.39 is 54.0 Å². The molecule has 0 aliphatic heterocycles. The number of amides is 3. The van der Waals surface area contributed by atoms with Crippen LogP contribution in [0.4, 0.5) is 0 Å². The molecule has 150 valence electrons. The lowest BCUT2D eigenvalue weighted by Crippen LogP contribution is -2.59. The van der Waals surface area contributed by atoms with Gasteiger partial charge in [0.15, 0.2) is 0 Å². The first-order valence-electron chi connectivity index (χ1n) is 8.44. The van der Waals surface area contributed by atoms with Gasteiger partial charge in [-0.15, -0.1) is 0 Å². The molecule has 0 heterocycles. The zero-order valence-corrected chi connectivity index (χ0v) is 15.8. The number of aliphatic carboxylic acids is 1. The third-order valence-electron chi connectivity index (χ3n) is 3.55. The number of carbonyl (C=O) groups excluding carboxylic acids is 3. The number of aliphatic hydroxyl groups excluding tert-OH is 1. The summed E-state index contributed by atoms with van der Waals surface area (Å²) in [6.07, 6.45) is -1.08. The van der Waals surface area contributed by atoms with Crippen molar-refractivity contribution in [1.82, 2.24) is 16.0 Å². The van der Waals surface area contributed by atoms with Crippen molar-refractivity contribution in [2.24, 2.45) is 11.7 Å². The smallest absolute Gasteiger partial charge is 0.326 e. The number of carboxylic acids is 1. The van der Waals surface area contributed by atoms with Crippen LogP contribution < -0.4 is 21.7 Å². The SMILES string of the molecule is CC(C)CC(NC(=O)C(NC(=O)C(C)NC(=O)C(C)N)C(C)O)C(=O)O. The van der Waals surface area contributed by atoms with Crippen LogP contribution >= 0.6 is 0 Å². The Morgan fingerprint density at radius 1 is 0.885 bits per heavy atom. The van der Waals surface area contributed by atoms with Crippen LogP contribution in [0.5, 0.6) is 0 Å². The number of aliphatic hydroxyl groups is 1. The number of nitrogens with one attached hydrogen (secondary N) is 3. The maximum atomic E-state index is 12.3. The van der Waals surface area contributed by atoms with Crippen LogP contribution in [0, 0.1) is 5.92 Å². The number of rotatable bonds is 10. The van der Waals surface area contributed by atoms with Crippen molar-refractivity contribution in [2.45, 2.75) is 71.3 Å². The molecule has 0 aliphatic carbocycles. The Bertz CT molecular complexity index is 521. The molecule has 0 rings (SSSR count). The Morgan fingerprint density at radius 3 is 1.81 bits per heavy atom. The zero-order chi connectivity index (χ0) is 20.6. The molecule has 0 aliphatic rings. The largest absolute Gasteiger partial charge is 0.480 e.